The van der Waals surface area contributed by atoms with Gasteiger partial charge in [-0.3, -0.25) is 10.1 Å². The van der Waals surface area contributed by atoms with Crippen LogP contribution in [0.15, 0.2) is 36.4 Å². The molecule has 6 heteroatoms. The van der Waals surface area contributed by atoms with Crippen LogP contribution in [0.2, 0.25) is 5.02 Å². The maximum atomic E-state index is 11.1. The van der Waals surface area contributed by atoms with E-state index in [1.807, 2.05) is 6.92 Å². The number of nitro benzene ring substituents is 1. The highest BCUT2D eigenvalue weighted by Crippen LogP contribution is 2.36. The fraction of sp³-hybridized carbons (Fsp3) is 0.200. The zero-order valence-electron chi connectivity index (χ0n) is 11.5. The molecule has 5 nitrogen and oxygen atoms in total. The maximum Gasteiger partial charge on any atom is 0.311 e. The van der Waals surface area contributed by atoms with Crippen molar-refractivity contribution in [2.24, 2.45) is 0 Å². The van der Waals surface area contributed by atoms with Gasteiger partial charge in [-0.25, -0.2) is 0 Å². The predicted molar refractivity (Wildman–Crippen MR) is 80.0 cm³/mol. The molecule has 0 aliphatic heterocycles. The number of hydrogen-bond donors (Lipinski definition) is 1. The van der Waals surface area contributed by atoms with Crippen molar-refractivity contribution in [2.45, 2.75) is 20.0 Å². The molecule has 0 aliphatic rings. The third-order valence-electron chi connectivity index (χ3n) is 2.97. The van der Waals surface area contributed by atoms with E-state index < -0.39 is 11.0 Å². The molecule has 1 atom stereocenters. The molecule has 0 aliphatic carbocycles. The third kappa shape index (κ3) is 3.51. The number of benzene rings is 2. The SMILES string of the molecule is Cc1ccc(Oc2ccc([C@@H](C)O)cc2[N+](=O)[O-])c(Cl)c1. The number of ether oxygens (including phenoxy) is 1. The number of halogens is 1. The Morgan fingerprint density at radius 1 is 1.24 bits per heavy atom. The quantitative estimate of drug-likeness (QED) is 0.671. The van der Waals surface area contributed by atoms with Crippen molar-refractivity contribution in [2.75, 3.05) is 0 Å². The van der Waals surface area contributed by atoms with E-state index in [1.165, 1.54) is 19.1 Å². The predicted octanol–water partition coefficient (Wildman–Crippen LogP) is 4.40. The van der Waals surface area contributed by atoms with Crippen molar-refractivity contribution in [3.8, 4) is 11.5 Å². The largest absolute Gasteiger partial charge is 0.449 e. The molecule has 2 aromatic rings. The average Bonchev–Trinajstić information content (AvgIpc) is 2.41. The minimum atomic E-state index is -0.791. The Morgan fingerprint density at radius 3 is 2.48 bits per heavy atom. The summed E-state index contributed by atoms with van der Waals surface area (Å²) in [4.78, 5) is 10.6. The molecule has 0 saturated heterocycles. The lowest BCUT2D eigenvalue weighted by molar-refractivity contribution is -0.385. The first kappa shape index (κ1) is 15.3. The Kier molecular flexibility index (Phi) is 4.45. The van der Waals surface area contributed by atoms with Gasteiger partial charge >= 0.3 is 5.69 Å². The molecule has 0 radical (unpaired) electrons. The van der Waals surface area contributed by atoms with Crippen LogP contribution in [0, 0.1) is 17.0 Å². The Hall–Kier alpha value is -2.11. The lowest BCUT2D eigenvalue weighted by Crippen LogP contribution is -1.98. The first-order valence-electron chi connectivity index (χ1n) is 6.29. The van der Waals surface area contributed by atoms with Gasteiger partial charge < -0.3 is 9.84 Å². The number of aliphatic hydroxyl groups excluding tert-OH is 1. The molecule has 0 saturated carbocycles. The molecule has 0 aromatic heterocycles. The minimum Gasteiger partial charge on any atom is -0.449 e. The van der Waals surface area contributed by atoms with E-state index in [0.29, 0.717) is 16.3 Å². The van der Waals surface area contributed by atoms with E-state index in [2.05, 4.69) is 0 Å². The van der Waals surface area contributed by atoms with E-state index in [4.69, 9.17) is 16.3 Å². The Labute approximate surface area is 126 Å². The van der Waals surface area contributed by atoms with E-state index in [0.717, 1.165) is 5.56 Å². The van der Waals surface area contributed by atoms with Gasteiger partial charge in [0.05, 0.1) is 16.0 Å². The Bertz CT molecular complexity index is 685. The highest BCUT2D eigenvalue weighted by molar-refractivity contribution is 6.32. The zero-order valence-corrected chi connectivity index (χ0v) is 12.3. The van der Waals surface area contributed by atoms with Crippen LogP contribution in [-0.2, 0) is 0 Å². The van der Waals surface area contributed by atoms with Gasteiger partial charge in [-0.1, -0.05) is 23.7 Å². The molecular formula is C15H14ClNO4. The van der Waals surface area contributed by atoms with Crippen molar-refractivity contribution >= 4 is 17.3 Å². The van der Waals surface area contributed by atoms with E-state index in [9.17, 15) is 15.2 Å². The molecule has 0 fully saturated rings. The average molecular weight is 308 g/mol. The van der Waals surface area contributed by atoms with Gasteiger partial charge in [0.15, 0.2) is 0 Å². The van der Waals surface area contributed by atoms with Gasteiger partial charge in [0.25, 0.3) is 0 Å². The highest BCUT2D eigenvalue weighted by Gasteiger charge is 2.19. The zero-order chi connectivity index (χ0) is 15.6. The summed E-state index contributed by atoms with van der Waals surface area (Å²) in [5, 5.41) is 21.0. The number of aliphatic hydroxyl groups is 1. The van der Waals surface area contributed by atoms with E-state index in [-0.39, 0.29) is 11.4 Å². The third-order valence-corrected chi connectivity index (χ3v) is 3.26. The van der Waals surface area contributed by atoms with Crippen LogP contribution in [0.3, 0.4) is 0 Å². The van der Waals surface area contributed by atoms with Gasteiger partial charge in [0.2, 0.25) is 5.75 Å². The van der Waals surface area contributed by atoms with Gasteiger partial charge in [-0.05, 0) is 43.2 Å². The first-order valence-corrected chi connectivity index (χ1v) is 6.66. The first-order chi connectivity index (χ1) is 9.88. The van der Waals surface area contributed by atoms with Crippen LogP contribution in [0.5, 0.6) is 11.5 Å². The van der Waals surface area contributed by atoms with Crippen molar-refractivity contribution < 1.29 is 14.8 Å². The summed E-state index contributed by atoms with van der Waals surface area (Å²) in [6.45, 7) is 3.42. The molecule has 21 heavy (non-hydrogen) atoms. The number of hydrogen-bond acceptors (Lipinski definition) is 4. The van der Waals surface area contributed by atoms with E-state index >= 15 is 0 Å². The molecular weight excluding hydrogens is 294 g/mol. The van der Waals surface area contributed by atoms with Gasteiger partial charge in [0.1, 0.15) is 5.75 Å². The summed E-state index contributed by atoms with van der Waals surface area (Å²) in [6.07, 6.45) is -0.791. The topological polar surface area (TPSA) is 72.6 Å². The summed E-state index contributed by atoms with van der Waals surface area (Å²) >= 11 is 6.06. The van der Waals surface area contributed by atoms with Crippen molar-refractivity contribution in [1.82, 2.24) is 0 Å². The molecule has 0 bridgehead atoms. The van der Waals surface area contributed by atoms with E-state index in [1.54, 1.807) is 24.3 Å². The lowest BCUT2D eigenvalue weighted by atomic mass is 10.1. The summed E-state index contributed by atoms with van der Waals surface area (Å²) in [6, 6.07) is 9.50. The molecule has 0 spiro atoms. The summed E-state index contributed by atoms with van der Waals surface area (Å²) in [7, 11) is 0. The second-order valence-electron chi connectivity index (χ2n) is 4.70. The maximum absolute atomic E-state index is 11.1. The monoisotopic (exact) mass is 307 g/mol. The standard InChI is InChI=1S/C15H14ClNO4/c1-9-3-5-14(12(16)7-9)21-15-6-4-11(10(2)18)8-13(15)17(19)20/h3-8,10,18H,1-2H3/t10-/m1/s1. The summed E-state index contributed by atoms with van der Waals surface area (Å²) < 4.78 is 5.54. The smallest absolute Gasteiger partial charge is 0.311 e. The van der Waals surface area contributed by atoms with Crippen LogP contribution in [-0.4, -0.2) is 10.0 Å². The molecule has 0 amide bonds. The molecule has 1 N–H and O–H groups in total. The molecule has 2 aromatic carbocycles. The van der Waals surface area contributed by atoms with Crippen LogP contribution in [0.4, 0.5) is 5.69 Å². The van der Waals surface area contributed by atoms with Crippen LogP contribution in [0.1, 0.15) is 24.2 Å². The summed E-state index contributed by atoms with van der Waals surface area (Å²) in [5.41, 5.74) is 1.19. The second kappa shape index (κ2) is 6.11. The lowest BCUT2D eigenvalue weighted by Gasteiger charge is -2.10. The number of rotatable bonds is 4. The van der Waals surface area contributed by atoms with Crippen molar-refractivity contribution in [1.29, 1.82) is 0 Å². The van der Waals surface area contributed by atoms with Crippen LogP contribution in [0.25, 0.3) is 0 Å². The molecule has 110 valence electrons. The second-order valence-corrected chi connectivity index (χ2v) is 5.10. The van der Waals surface area contributed by atoms with Gasteiger partial charge in [0, 0.05) is 6.07 Å². The van der Waals surface area contributed by atoms with Crippen LogP contribution < -0.4 is 4.74 Å². The number of nitro groups is 1. The van der Waals surface area contributed by atoms with Gasteiger partial charge in [-0.15, -0.1) is 0 Å². The normalized spacial score (nSPS) is 12.0. The Morgan fingerprint density at radius 2 is 1.90 bits per heavy atom. The Balaban J connectivity index is 2.41. The fourth-order valence-electron chi connectivity index (χ4n) is 1.83. The fourth-order valence-corrected chi connectivity index (χ4v) is 2.10. The minimum absolute atomic E-state index is 0.0788. The van der Waals surface area contributed by atoms with Crippen LogP contribution >= 0.6 is 11.6 Å². The van der Waals surface area contributed by atoms with Gasteiger partial charge in [-0.2, -0.15) is 0 Å². The number of nitrogens with zero attached hydrogens (tertiary/aromatic N) is 1. The summed E-state index contributed by atoms with van der Waals surface area (Å²) in [5.74, 6) is 0.422. The number of aryl methyl sites for hydroxylation is 1. The highest BCUT2D eigenvalue weighted by atomic mass is 35.5. The molecule has 0 heterocycles. The molecule has 0 unspecified atom stereocenters. The molecule has 2 rings (SSSR count). The van der Waals surface area contributed by atoms with Crippen molar-refractivity contribution in [3.63, 3.8) is 0 Å². The van der Waals surface area contributed by atoms with Crippen molar-refractivity contribution in [3.05, 3.63) is 62.7 Å².